The highest BCUT2D eigenvalue weighted by Gasteiger charge is 2.33. The number of carbonyl (C=O) groups is 1. The predicted molar refractivity (Wildman–Crippen MR) is 64.5 cm³/mol. The maximum atomic E-state index is 11.2. The van der Waals surface area contributed by atoms with Crippen molar-refractivity contribution in [2.45, 2.75) is 20.8 Å². The first kappa shape index (κ1) is 13.5. The van der Waals surface area contributed by atoms with E-state index in [1.54, 1.807) is 0 Å². The van der Waals surface area contributed by atoms with Crippen LogP contribution in [0.2, 0.25) is 0 Å². The highest BCUT2D eigenvalue weighted by Crippen LogP contribution is 2.27. The molecule has 1 atom stereocenters. The number of piperazine rings is 1. The summed E-state index contributed by atoms with van der Waals surface area (Å²) in [5.41, 5.74) is -0.171. The summed E-state index contributed by atoms with van der Waals surface area (Å²) in [5, 5.41) is 9.25. The molecule has 1 heterocycles. The van der Waals surface area contributed by atoms with E-state index in [1.165, 1.54) is 0 Å². The van der Waals surface area contributed by atoms with Crippen LogP contribution in [0.15, 0.2) is 0 Å². The van der Waals surface area contributed by atoms with Crippen molar-refractivity contribution in [3.8, 4) is 0 Å². The molecule has 1 N–H and O–H groups in total. The lowest BCUT2D eigenvalue weighted by atomic mass is 9.80. The molecule has 0 aromatic rings. The van der Waals surface area contributed by atoms with Gasteiger partial charge in [0.05, 0.1) is 5.92 Å². The molecule has 1 unspecified atom stereocenters. The molecule has 0 aliphatic carbocycles. The third-order valence-electron chi connectivity index (χ3n) is 3.38. The van der Waals surface area contributed by atoms with Crippen molar-refractivity contribution in [3.63, 3.8) is 0 Å². The molecule has 0 bridgehead atoms. The number of hydrogen-bond donors (Lipinski definition) is 1. The molecule has 1 aliphatic rings. The van der Waals surface area contributed by atoms with E-state index in [2.05, 4.69) is 16.8 Å². The second kappa shape index (κ2) is 5.15. The van der Waals surface area contributed by atoms with Crippen LogP contribution in [0, 0.1) is 11.3 Å². The highest BCUT2D eigenvalue weighted by molar-refractivity contribution is 5.71. The number of nitrogens with zero attached hydrogens (tertiary/aromatic N) is 2. The molecule has 1 saturated heterocycles. The zero-order valence-corrected chi connectivity index (χ0v) is 10.9. The molecule has 4 nitrogen and oxygen atoms in total. The first-order valence-corrected chi connectivity index (χ1v) is 5.94. The summed E-state index contributed by atoms with van der Waals surface area (Å²) in [4.78, 5) is 15.8. The van der Waals surface area contributed by atoms with Crippen molar-refractivity contribution in [3.05, 3.63) is 0 Å². The SMILES string of the molecule is CN1CCN(CC(C(=O)O)C(C)(C)C)CC1. The van der Waals surface area contributed by atoms with E-state index in [4.69, 9.17) is 0 Å². The van der Waals surface area contributed by atoms with E-state index < -0.39 is 5.97 Å². The van der Waals surface area contributed by atoms with Gasteiger partial charge in [-0.05, 0) is 12.5 Å². The Morgan fingerprint density at radius 1 is 1.25 bits per heavy atom. The summed E-state index contributed by atoms with van der Waals surface area (Å²) < 4.78 is 0. The zero-order chi connectivity index (χ0) is 12.3. The van der Waals surface area contributed by atoms with E-state index in [9.17, 15) is 9.90 Å². The summed E-state index contributed by atoms with van der Waals surface area (Å²) in [6, 6.07) is 0. The monoisotopic (exact) mass is 228 g/mol. The fourth-order valence-corrected chi connectivity index (χ4v) is 2.01. The van der Waals surface area contributed by atoms with Crippen molar-refractivity contribution >= 4 is 5.97 Å². The fraction of sp³-hybridized carbons (Fsp3) is 0.917. The summed E-state index contributed by atoms with van der Waals surface area (Å²) in [5.74, 6) is -0.956. The van der Waals surface area contributed by atoms with Crippen molar-refractivity contribution in [1.82, 2.24) is 9.80 Å². The Hall–Kier alpha value is -0.610. The van der Waals surface area contributed by atoms with Gasteiger partial charge in [-0.15, -0.1) is 0 Å². The average molecular weight is 228 g/mol. The van der Waals surface area contributed by atoms with Crippen LogP contribution in [0.4, 0.5) is 0 Å². The van der Waals surface area contributed by atoms with E-state index in [0.717, 1.165) is 26.2 Å². The maximum absolute atomic E-state index is 11.2. The van der Waals surface area contributed by atoms with Gasteiger partial charge in [-0.2, -0.15) is 0 Å². The Morgan fingerprint density at radius 2 is 1.75 bits per heavy atom. The second-order valence-electron chi connectivity index (χ2n) is 5.86. The molecule has 1 fully saturated rings. The lowest BCUT2D eigenvalue weighted by Gasteiger charge is -2.37. The molecular weight excluding hydrogens is 204 g/mol. The largest absolute Gasteiger partial charge is 0.481 e. The maximum Gasteiger partial charge on any atom is 0.308 e. The third-order valence-corrected chi connectivity index (χ3v) is 3.38. The molecule has 0 spiro atoms. The lowest BCUT2D eigenvalue weighted by molar-refractivity contribution is -0.146. The third kappa shape index (κ3) is 3.76. The van der Waals surface area contributed by atoms with Gasteiger partial charge in [0.1, 0.15) is 0 Å². The van der Waals surface area contributed by atoms with Gasteiger partial charge in [-0.1, -0.05) is 20.8 Å². The van der Waals surface area contributed by atoms with Crippen LogP contribution in [0.25, 0.3) is 0 Å². The quantitative estimate of drug-likeness (QED) is 0.782. The van der Waals surface area contributed by atoms with Crippen LogP contribution in [0.5, 0.6) is 0 Å². The number of rotatable bonds is 3. The van der Waals surface area contributed by atoms with Gasteiger partial charge in [0, 0.05) is 32.7 Å². The van der Waals surface area contributed by atoms with Gasteiger partial charge >= 0.3 is 5.97 Å². The minimum Gasteiger partial charge on any atom is -0.481 e. The summed E-state index contributed by atoms with van der Waals surface area (Å²) in [7, 11) is 2.11. The zero-order valence-electron chi connectivity index (χ0n) is 10.9. The van der Waals surface area contributed by atoms with Crippen LogP contribution in [-0.4, -0.2) is 60.6 Å². The Bertz CT molecular complexity index is 240. The predicted octanol–water partition coefficient (Wildman–Crippen LogP) is 0.981. The summed E-state index contributed by atoms with van der Waals surface area (Å²) in [6.07, 6.45) is 0. The van der Waals surface area contributed by atoms with Crippen molar-refractivity contribution in [2.24, 2.45) is 11.3 Å². The van der Waals surface area contributed by atoms with Crippen molar-refractivity contribution < 1.29 is 9.90 Å². The standard InChI is InChI=1S/C12H24N2O2/c1-12(2,3)10(11(15)16)9-14-7-5-13(4)6-8-14/h10H,5-9H2,1-4H3,(H,15,16). The van der Waals surface area contributed by atoms with Gasteiger partial charge in [-0.3, -0.25) is 9.69 Å². The van der Waals surface area contributed by atoms with Gasteiger partial charge in [0.2, 0.25) is 0 Å². The van der Waals surface area contributed by atoms with Crippen molar-refractivity contribution in [2.75, 3.05) is 39.8 Å². The fourth-order valence-electron chi connectivity index (χ4n) is 2.01. The minimum atomic E-state index is -0.675. The molecule has 0 amide bonds. The van der Waals surface area contributed by atoms with E-state index in [0.29, 0.717) is 6.54 Å². The molecule has 4 heteroatoms. The Labute approximate surface area is 98.2 Å². The van der Waals surface area contributed by atoms with Crippen molar-refractivity contribution in [1.29, 1.82) is 0 Å². The summed E-state index contributed by atoms with van der Waals surface area (Å²) >= 11 is 0. The molecule has 0 aromatic carbocycles. The number of likely N-dealkylation sites (N-methyl/N-ethyl adjacent to an activating group) is 1. The smallest absolute Gasteiger partial charge is 0.308 e. The van der Waals surface area contributed by atoms with Gasteiger partial charge in [-0.25, -0.2) is 0 Å². The number of carboxylic acid groups (broad SMARTS) is 1. The van der Waals surface area contributed by atoms with E-state index in [1.807, 2.05) is 20.8 Å². The molecule has 1 rings (SSSR count). The van der Waals surface area contributed by atoms with Gasteiger partial charge < -0.3 is 10.0 Å². The van der Waals surface area contributed by atoms with Crippen LogP contribution in [-0.2, 0) is 4.79 Å². The van der Waals surface area contributed by atoms with E-state index in [-0.39, 0.29) is 11.3 Å². The van der Waals surface area contributed by atoms with Crippen LogP contribution >= 0.6 is 0 Å². The van der Waals surface area contributed by atoms with E-state index >= 15 is 0 Å². The van der Waals surface area contributed by atoms with Crippen LogP contribution in [0.1, 0.15) is 20.8 Å². The molecular formula is C12H24N2O2. The topological polar surface area (TPSA) is 43.8 Å². The molecule has 1 aliphatic heterocycles. The Morgan fingerprint density at radius 3 is 2.12 bits per heavy atom. The minimum absolute atomic E-state index is 0.171. The van der Waals surface area contributed by atoms with Crippen LogP contribution < -0.4 is 0 Å². The van der Waals surface area contributed by atoms with Crippen LogP contribution in [0.3, 0.4) is 0 Å². The highest BCUT2D eigenvalue weighted by atomic mass is 16.4. The molecule has 0 aromatic heterocycles. The van der Waals surface area contributed by atoms with Gasteiger partial charge in [0.25, 0.3) is 0 Å². The normalized spacial score (nSPS) is 22.0. The number of carboxylic acids is 1. The molecule has 16 heavy (non-hydrogen) atoms. The number of hydrogen-bond acceptors (Lipinski definition) is 3. The molecule has 0 radical (unpaired) electrons. The Kier molecular flexibility index (Phi) is 4.33. The van der Waals surface area contributed by atoms with Gasteiger partial charge in [0.15, 0.2) is 0 Å². The molecule has 94 valence electrons. The second-order valence-corrected chi connectivity index (χ2v) is 5.86. The first-order chi connectivity index (χ1) is 7.30. The first-order valence-electron chi connectivity index (χ1n) is 5.94. The lowest BCUT2D eigenvalue weighted by Crippen LogP contribution is -2.48. The molecule has 0 saturated carbocycles. The summed E-state index contributed by atoms with van der Waals surface area (Å²) in [6.45, 7) is 10.7. The Balaban J connectivity index is 2.53. The number of aliphatic carboxylic acids is 1. The average Bonchev–Trinajstić information content (AvgIpc) is 2.14.